The molecular formula is C17H13FN2O2S. The minimum absolute atomic E-state index is 0.367. The largest absolute Gasteiger partial charge is 0.280 e. The number of sulfonamides is 1. The highest BCUT2D eigenvalue weighted by molar-refractivity contribution is 7.92. The highest BCUT2D eigenvalue weighted by Gasteiger charge is 2.18. The summed E-state index contributed by atoms with van der Waals surface area (Å²) in [5, 5.41) is 0. The van der Waals surface area contributed by atoms with Crippen LogP contribution in [0.1, 0.15) is 0 Å². The van der Waals surface area contributed by atoms with Gasteiger partial charge in [0.25, 0.3) is 10.0 Å². The Morgan fingerprint density at radius 2 is 1.43 bits per heavy atom. The predicted octanol–water partition coefficient (Wildman–Crippen LogP) is 3.69. The molecule has 1 heterocycles. The molecule has 3 aromatic rings. The van der Waals surface area contributed by atoms with Crippen molar-refractivity contribution in [3.63, 3.8) is 0 Å². The summed E-state index contributed by atoms with van der Waals surface area (Å²) in [6.45, 7) is 0. The highest BCUT2D eigenvalue weighted by Crippen LogP contribution is 2.23. The molecule has 1 aromatic heterocycles. The summed E-state index contributed by atoms with van der Waals surface area (Å²) in [7, 11) is -3.96. The molecular weight excluding hydrogens is 315 g/mol. The molecule has 0 amide bonds. The molecule has 0 saturated carbocycles. The van der Waals surface area contributed by atoms with E-state index >= 15 is 0 Å². The van der Waals surface area contributed by atoms with Crippen LogP contribution in [0, 0.1) is 5.82 Å². The van der Waals surface area contributed by atoms with Gasteiger partial charge in [-0.1, -0.05) is 24.3 Å². The third kappa shape index (κ3) is 3.37. The van der Waals surface area contributed by atoms with Gasteiger partial charge in [0.15, 0.2) is 0 Å². The summed E-state index contributed by atoms with van der Waals surface area (Å²) in [5.41, 5.74) is 2.27. The van der Waals surface area contributed by atoms with Crippen molar-refractivity contribution in [3.8, 4) is 11.1 Å². The zero-order valence-corrected chi connectivity index (χ0v) is 12.8. The van der Waals surface area contributed by atoms with Crippen LogP contribution in [-0.2, 0) is 10.0 Å². The quantitative estimate of drug-likeness (QED) is 0.794. The highest BCUT2D eigenvalue weighted by atomic mass is 32.2. The summed E-state index contributed by atoms with van der Waals surface area (Å²) < 4.78 is 40.5. The minimum Gasteiger partial charge on any atom is -0.280 e. The molecule has 2 aromatic carbocycles. The van der Waals surface area contributed by atoms with Crippen LogP contribution in [0.3, 0.4) is 0 Å². The van der Waals surface area contributed by atoms with E-state index in [1.54, 1.807) is 36.7 Å². The molecule has 4 nitrogen and oxygen atoms in total. The Labute approximate surface area is 133 Å². The smallest absolute Gasteiger partial charge is 0.264 e. The number of halogens is 1. The zero-order chi connectivity index (χ0) is 16.3. The molecule has 0 aliphatic rings. The standard InChI is InChI=1S/C17H13FN2O2S/c18-16-3-1-2-4-17(16)23(21,22)20-15-7-5-13(6-8-15)14-9-11-19-12-10-14/h1-12,20H. The van der Waals surface area contributed by atoms with E-state index in [-0.39, 0.29) is 4.90 Å². The number of aromatic nitrogens is 1. The molecule has 0 fully saturated rings. The normalized spacial score (nSPS) is 11.2. The third-order valence-electron chi connectivity index (χ3n) is 3.28. The van der Waals surface area contributed by atoms with Crippen molar-refractivity contribution in [1.82, 2.24) is 4.98 Å². The number of benzene rings is 2. The maximum Gasteiger partial charge on any atom is 0.264 e. The van der Waals surface area contributed by atoms with Gasteiger partial charge >= 0.3 is 0 Å². The molecule has 0 saturated heterocycles. The van der Waals surface area contributed by atoms with Gasteiger partial charge in [-0.2, -0.15) is 0 Å². The SMILES string of the molecule is O=S(=O)(Nc1ccc(-c2ccncc2)cc1)c1ccccc1F. The Bertz CT molecular complexity index is 911. The Kier molecular flexibility index (Phi) is 4.08. The summed E-state index contributed by atoms with van der Waals surface area (Å²) >= 11 is 0. The second-order valence-corrected chi connectivity index (χ2v) is 6.50. The molecule has 0 aliphatic carbocycles. The first-order chi connectivity index (χ1) is 11.1. The van der Waals surface area contributed by atoms with Gasteiger partial charge in [-0.15, -0.1) is 0 Å². The second kappa shape index (κ2) is 6.18. The Morgan fingerprint density at radius 1 is 0.826 bits per heavy atom. The van der Waals surface area contributed by atoms with Gasteiger partial charge in [0, 0.05) is 18.1 Å². The number of hydrogen-bond acceptors (Lipinski definition) is 3. The fraction of sp³-hybridized carbons (Fsp3) is 0. The lowest BCUT2D eigenvalue weighted by Gasteiger charge is -2.09. The van der Waals surface area contributed by atoms with Crippen LogP contribution in [0.5, 0.6) is 0 Å². The van der Waals surface area contributed by atoms with E-state index in [9.17, 15) is 12.8 Å². The van der Waals surface area contributed by atoms with Crippen molar-refractivity contribution < 1.29 is 12.8 Å². The number of nitrogens with one attached hydrogen (secondary N) is 1. The molecule has 0 bridgehead atoms. The Morgan fingerprint density at radius 3 is 2.09 bits per heavy atom. The molecule has 0 radical (unpaired) electrons. The van der Waals surface area contributed by atoms with Crippen LogP contribution in [0.2, 0.25) is 0 Å². The first-order valence-electron chi connectivity index (χ1n) is 6.84. The van der Waals surface area contributed by atoms with Crippen LogP contribution >= 0.6 is 0 Å². The summed E-state index contributed by atoms with van der Waals surface area (Å²) in [5.74, 6) is -0.784. The summed E-state index contributed by atoms with van der Waals surface area (Å²) in [4.78, 5) is 3.57. The fourth-order valence-corrected chi connectivity index (χ4v) is 3.29. The predicted molar refractivity (Wildman–Crippen MR) is 86.9 cm³/mol. The van der Waals surface area contributed by atoms with Crippen LogP contribution in [0.15, 0.2) is 78.0 Å². The number of nitrogens with zero attached hydrogens (tertiary/aromatic N) is 1. The van der Waals surface area contributed by atoms with Gasteiger partial charge in [0.1, 0.15) is 10.7 Å². The van der Waals surface area contributed by atoms with E-state index < -0.39 is 15.8 Å². The van der Waals surface area contributed by atoms with Crippen LogP contribution in [0.4, 0.5) is 10.1 Å². The Balaban J connectivity index is 1.85. The monoisotopic (exact) mass is 328 g/mol. The summed E-state index contributed by atoms with van der Waals surface area (Å²) in [6.07, 6.45) is 3.37. The van der Waals surface area contributed by atoms with Gasteiger partial charge in [-0.3, -0.25) is 9.71 Å². The topological polar surface area (TPSA) is 59.1 Å². The zero-order valence-electron chi connectivity index (χ0n) is 12.0. The van der Waals surface area contributed by atoms with Crippen LogP contribution in [-0.4, -0.2) is 13.4 Å². The Hall–Kier alpha value is -2.73. The average Bonchev–Trinajstić information content (AvgIpc) is 2.56. The van der Waals surface area contributed by atoms with E-state index in [2.05, 4.69) is 9.71 Å². The number of rotatable bonds is 4. The average molecular weight is 328 g/mol. The molecule has 0 spiro atoms. The molecule has 0 atom stereocenters. The van der Waals surface area contributed by atoms with Crippen LogP contribution in [0.25, 0.3) is 11.1 Å². The minimum atomic E-state index is -3.96. The summed E-state index contributed by atoms with van der Waals surface area (Å²) in [6, 6.07) is 15.8. The molecule has 1 N–H and O–H groups in total. The van der Waals surface area contributed by atoms with E-state index in [0.29, 0.717) is 5.69 Å². The number of hydrogen-bond donors (Lipinski definition) is 1. The molecule has 6 heteroatoms. The molecule has 0 unspecified atom stereocenters. The van der Waals surface area contributed by atoms with E-state index in [1.165, 1.54) is 18.2 Å². The van der Waals surface area contributed by atoms with Crippen molar-refractivity contribution in [2.45, 2.75) is 4.90 Å². The lowest BCUT2D eigenvalue weighted by Crippen LogP contribution is -2.14. The lowest BCUT2D eigenvalue weighted by atomic mass is 10.1. The first kappa shape index (κ1) is 15.2. The van der Waals surface area contributed by atoms with Crippen molar-refractivity contribution in [2.24, 2.45) is 0 Å². The van der Waals surface area contributed by atoms with E-state index in [4.69, 9.17) is 0 Å². The lowest BCUT2D eigenvalue weighted by molar-refractivity contribution is 0.570. The van der Waals surface area contributed by atoms with E-state index in [1.807, 2.05) is 12.1 Å². The van der Waals surface area contributed by atoms with E-state index in [0.717, 1.165) is 17.2 Å². The van der Waals surface area contributed by atoms with Gasteiger partial charge in [0.05, 0.1) is 0 Å². The van der Waals surface area contributed by atoms with Gasteiger partial charge in [-0.25, -0.2) is 12.8 Å². The van der Waals surface area contributed by atoms with Crippen molar-refractivity contribution in [3.05, 3.63) is 78.9 Å². The fourth-order valence-electron chi connectivity index (χ4n) is 2.15. The van der Waals surface area contributed by atoms with Gasteiger partial charge in [0.2, 0.25) is 0 Å². The van der Waals surface area contributed by atoms with Crippen LogP contribution < -0.4 is 4.72 Å². The van der Waals surface area contributed by atoms with Crippen molar-refractivity contribution >= 4 is 15.7 Å². The molecule has 23 heavy (non-hydrogen) atoms. The van der Waals surface area contributed by atoms with Crippen molar-refractivity contribution in [2.75, 3.05) is 4.72 Å². The number of anilines is 1. The third-order valence-corrected chi connectivity index (χ3v) is 4.69. The maximum absolute atomic E-state index is 13.6. The van der Waals surface area contributed by atoms with Crippen molar-refractivity contribution in [1.29, 1.82) is 0 Å². The van der Waals surface area contributed by atoms with Gasteiger partial charge in [-0.05, 0) is 47.5 Å². The van der Waals surface area contributed by atoms with Gasteiger partial charge < -0.3 is 0 Å². The second-order valence-electron chi connectivity index (χ2n) is 4.85. The molecule has 116 valence electrons. The first-order valence-corrected chi connectivity index (χ1v) is 8.32. The molecule has 0 aliphatic heterocycles. The molecule has 3 rings (SSSR count). The number of pyridine rings is 1. The maximum atomic E-state index is 13.6.